The highest BCUT2D eigenvalue weighted by atomic mass is 32.1. The maximum Gasteiger partial charge on any atom is 0.147 e. The molecule has 0 fully saturated rings. The van der Waals surface area contributed by atoms with Gasteiger partial charge in [-0.15, -0.1) is 11.3 Å². The van der Waals surface area contributed by atoms with E-state index in [0.717, 1.165) is 76.2 Å². The fourth-order valence-electron chi connectivity index (χ4n) is 6.50. The lowest BCUT2D eigenvalue weighted by Crippen LogP contribution is -1.98. The highest BCUT2D eigenvalue weighted by Crippen LogP contribution is 2.45. The molecule has 0 atom stereocenters. The number of hydrogen-bond acceptors (Lipinski definition) is 3. The number of imidazole rings is 1. The molecule has 0 radical (unpaired) electrons. The standard InChI is InChI=1S/C43H29N3S/c1-28-16-18-32(19-17-28)35-24-25-36(42-40(35)41-39(47-42)26-33(27-44-41)30-12-6-3-7-13-30)43-45-37-14-8-9-15-38(37)46(43)34-22-20-31(21-23-34)29-10-4-2-5-11-29/h2-27H,1H3/i1D3. The first-order valence-corrected chi connectivity index (χ1v) is 16.4. The number of hydrogen-bond donors (Lipinski definition) is 0. The van der Waals surface area contributed by atoms with E-state index in [4.69, 9.17) is 14.1 Å². The lowest BCUT2D eigenvalue weighted by atomic mass is 9.97. The Morgan fingerprint density at radius 3 is 1.98 bits per heavy atom. The zero-order valence-corrected chi connectivity index (χ0v) is 26.1. The molecule has 0 unspecified atom stereocenters. The number of thiophene rings is 1. The van der Waals surface area contributed by atoms with E-state index in [2.05, 4.69) is 102 Å². The molecule has 4 heteroatoms. The Morgan fingerprint density at radius 2 is 1.23 bits per heavy atom. The minimum Gasteiger partial charge on any atom is -0.292 e. The number of aromatic nitrogens is 3. The maximum atomic E-state index is 7.88. The number of nitrogens with zero attached hydrogens (tertiary/aromatic N) is 3. The molecule has 0 saturated carbocycles. The highest BCUT2D eigenvalue weighted by Gasteiger charge is 2.22. The molecule has 6 aromatic carbocycles. The van der Waals surface area contributed by atoms with Crippen molar-refractivity contribution in [2.24, 2.45) is 0 Å². The van der Waals surface area contributed by atoms with E-state index in [1.165, 1.54) is 5.56 Å². The number of pyridine rings is 1. The SMILES string of the molecule is [2H]C([2H])([2H])c1ccc(-c2ccc(-c3nc4ccccc4n3-c3ccc(-c4ccccc4)cc3)c3sc4cc(-c5ccccc5)cnc4c23)cc1. The summed E-state index contributed by atoms with van der Waals surface area (Å²) in [5, 5.41) is 1.03. The van der Waals surface area contributed by atoms with Gasteiger partial charge in [0.25, 0.3) is 0 Å². The number of aryl methyl sites for hydroxylation is 1. The molecule has 0 bridgehead atoms. The second-order valence-electron chi connectivity index (χ2n) is 11.7. The molecule has 47 heavy (non-hydrogen) atoms. The van der Waals surface area contributed by atoms with Crippen molar-refractivity contribution >= 4 is 42.7 Å². The smallest absolute Gasteiger partial charge is 0.147 e. The predicted molar refractivity (Wildman–Crippen MR) is 198 cm³/mol. The second-order valence-corrected chi connectivity index (χ2v) is 12.7. The minimum absolute atomic E-state index is 0.321. The van der Waals surface area contributed by atoms with Gasteiger partial charge in [0.2, 0.25) is 0 Å². The summed E-state index contributed by atoms with van der Waals surface area (Å²) >= 11 is 1.72. The topological polar surface area (TPSA) is 30.7 Å². The van der Waals surface area contributed by atoms with Crippen LogP contribution in [-0.2, 0) is 0 Å². The van der Waals surface area contributed by atoms with Crippen molar-refractivity contribution in [3.8, 4) is 50.5 Å². The fourth-order valence-corrected chi connectivity index (χ4v) is 7.74. The van der Waals surface area contributed by atoms with Crippen LogP contribution in [0.4, 0.5) is 0 Å². The van der Waals surface area contributed by atoms with E-state index < -0.39 is 6.85 Å². The Hall–Kier alpha value is -5.84. The highest BCUT2D eigenvalue weighted by molar-refractivity contribution is 7.26. The molecule has 3 aromatic heterocycles. The molecule has 0 aliphatic carbocycles. The van der Waals surface area contributed by atoms with E-state index >= 15 is 0 Å². The summed E-state index contributed by atoms with van der Waals surface area (Å²) in [5.74, 6) is 0.850. The van der Waals surface area contributed by atoms with Crippen molar-refractivity contribution in [1.82, 2.24) is 14.5 Å². The van der Waals surface area contributed by atoms with Gasteiger partial charge in [0.05, 0.1) is 21.3 Å². The van der Waals surface area contributed by atoms with Gasteiger partial charge in [0, 0.05) is 37.2 Å². The van der Waals surface area contributed by atoms with E-state index in [0.29, 0.717) is 5.56 Å². The van der Waals surface area contributed by atoms with Crippen LogP contribution >= 0.6 is 11.3 Å². The van der Waals surface area contributed by atoms with Gasteiger partial charge in [0.1, 0.15) is 5.82 Å². The lowest BCUT2D eigenvalue weighted by Gasteiger charge is -2.13. The van der Waals surface area contributed by atoms with Crippen LogP contribution < -0.4 is 0 Å². The van der Waals surface area contributed by atoms with Gasteiger partial charge in [-0.25, -0.2) is 4.98 Å². The van der Waals surface area contributed by atoms with Gasteiger partial charge < -0.3 is 0 Å². The van der Waals surface area contributed by atoms with Gasteiger partial charge in [-0.05, 0) is 71.1 Å². The largest absolute Gasteiger partial charge is 0.292 e. The van der Waals surface area contributed by atoms with Crippen molar-refractivity contribution < 1.29 is 4.11 Å². The average molecular weight is 623 g/mol. The molecule has 9 aromatic rings. The molecule has 0 N–H and O–H groups in total. The molecular formula is C43H29N3S. The first-order chi connectivity index (χ1) is 24.4. The lowest BCUT2D eigenvalue weighted by molar-refractivity contribution is 1.11. The summed E-state index contributed by atoms with van der Waals surface area (Å²) in [5.41, 5.74) is 11.6. The van der Waals surface area contributed by atoms with E-state index in [1.807, 2.05) is 48.7 Å². The van der Waals surface area contributed by atoms with Crippen LogP contribution in [0.3, 0.4) is 0 Å². The van der Waals surface area contributed by atoms with Crippen molar-refractivity contribution in [2.45, 2.75) is 6.85 Å². The van der Waals surface area contributed by atoms with E-state index in [-0.39, 0.29) is 0 Å². The summed E-state index contributed by atoms with van der Waals surface area (Å²) in [6, 6.07) is 51.3. The predicted octanol–water partition coefficient (Wildman–Crippen LogP) is 11.8. The third-order valence-corrected chi connectivity index (χ3v) is 9.96. The first kappa shape index (κ1) is 24.4. The number of fused-ring (bicyclic) bond motifs is 4. The van der Waals surface area contributed by atoms with Crippen molar-refractivity contribution in [1.29, 1.82) is 0 Å². The molecule has 222 valence electrons. The Kier molecular flexibility index (Phi) is 5.81. The van der Waals surface area contributed by atoms with Crippen LogP contribution in [-0.4, -0.2) is 14.5 Å². The molecule has 9 rings (SSSR count). The molecule has 0 aliphatic rings. The van der Waals surface area contributed by atoms with Gasteiger partial charge in [-0.1, -0.05) is 121 Å². The molecule has 3 nitrogen and oxygen atoms in total. The minimum atomic E-state index is -2.17. The zero-order valence-electron chi connectivity index (χ0n) is 28.3. The van der Waals surface area contributed by atoms with Crippen LogP contribution in [0.5, 0.6) is 0 Å². The van der Waals surface area contributed by atoms with Crippen LogP contribution in [0.25, 0.3) is 81.8 Å². The Bertz CT molecular complexity index is 2660. The molecule has 0 aliphatic heterocycles. The van der Waals surface area contributed by atoms with E-state index in [9.17, 15) is 0 Å². The second kappa shape index (κ2) is 11.2. The number of benzene rings is 6. The van der Waals surface area contributed by atoms with Gasteiger partial charge >= 0.3 is 0 Å². The third kappa shape index (κ3) is 4.73. The molecule has 0 amide bonds. The summed E-state index contributed by atoms with van der Waals surface area (Å²) in [7, 11) is 0. The maximum absolute atomic E-state index is 7.88. The van der Waals surface area contributed by atoms with Crippen molar-refractivity contribution in [3.05, 3.63) is 163 Å². The molecule has 0 spiro atoms. The summed E-state index contributed by atoms with van der Waals surface area (Å²) in [6.07, 6.45) is 1.95. The summed E-state index contributed by atoms with van der Waals surface area (Å²) in [4.78, 5) is 10.3. The molecular weight excluding hydrogens is 591 g/mol. The molecule has 0 saturated heterocycles. The van der Waals surface area contributed by atoms with E-state index in [1.54, 1.807) is 23.5 Å². The Labute approximate surface area is 281 Å². The van der Waals surface area contributed by atoms with Crippen LogP contribution in [0.2, 0.25) is 0 Å². The monoisotopic (exact) mass is 622 g/mol. The van der Waals surface area contributed by atoms with Crippen LogP contribution in [0, 0.1) is 6.85 Å². The summed E-state index contributed by atoms with van der Waals surface area (Å²) < 4.78 is 28.1. The van der Waals surface area contributed by atoms with Crippen molar-refractivity contribution in [2.75, 3.05) is 0 Å². The van der Waals surface area contributed by atoms with Crippen LogP contribution in [0.15, 0.2) is 158 Å². The quantitative estimate of drug-likeness (QED) is 0.191. The van der Waals surface area contributed by atoms with Gasteiger partial charge in [-0.3, -0.25) is 9.55 Å². The zero-order chi connectivity index (χ0) is 33.8. The van der Waals surface area contributed by atoms with Crippen molar-refractivity contribution in [3.63, 3.8) is 0 Å². The molecule has 3 heterocycles. The Morgan fingerprint density at radius 1 is 0.596 bits per heavy atom. The fraction of sp³-hybridized carbons (Fsp3) is 0.0233. The number of para-hydroxylation sites is 2. The van der Waals surface area contributed by atoms with Crippen LogP contribution in [0.1, 0.15) is 9.68 Å². The third-order valence-electron chi connectivity index (χ3n) is 8.80. The van der Waals surface area contributed by atoms with Gasteiger partial charge in [-0.2, -0.15) is 0 Å². The number of rotatable bonds is 5. The first-order valence-electron chi connectivity index (χ1n) is 17.1. The summed E-state index contributed by atoms with van der Waals surface area (Å²) in [6.45, 7) is -2.17. The Balaban J connectivity index is 1.28. The van der Waals surface area contributed by atoms with Gasteiger partial charge in [0.15, 0.2) is 0 Å². The normalized spacial score (nSPS) is 12.7. The average Bonchev–Trinajstić information content (AvgIpc) is 3.74.